The molecule has 6 nitrogen and oxygen atoms in total. The number of anilines is 1. The lowest BCUT2D eigenvalue weighted by molar-refractivity contribution is -0.129. The molecule has 20 heavy (non-hydrogen) atoms. The summed E-state index contributed by atoms with van der Waals surface area (Å²) in [5, 5.41) is 0. The van der Waals surface area contributed by atoms with E-state index in [0.717, 1.165) is 10.6 Å². The number of likely N-dealkylation sites (N-methyl/N-ethyl adjacent to an activating group) is 1. The van der Waals surface area contributed by atoms with Crippen molar-refractivity contribution >= 4 is 21.6 Å². The van der Waals surface area contributed by atoms with Crippen molar-refractivity contribution in [3.63, 3.8) is 0 Å². The molecule has 0 aromatic heterocycles. The second-order valence-corrected chi connectivity index (χ2v) is 6.53. The molecule has 0 aliphatic carbocycles. The summed E-state index contributed by atoms with van der Waals surface area (Å²) in [6.07, 6.45) is 1.08. The Labute approximate surface area is 120 Å². The van der Waals surface area contributed by atoms with E-state index in [2.05, 4.69) is 0 Å². The lowest BCUT2D eigenvalue weighted by Crippen LogP contribution is -2.47. The summed E-state index contributed by atoms with van der Waals surface area (Å²) in [5.41, 5.74) is 0.398. The predicted octanol–water partition coefficient (Wildman–Crippen LogP) is 0.938. The Morgan fingerprint density at radius 3 is 2.35 bits per heavy atom. The first-order valence-corrected chi connectivity index (χ1v) is 7.88. The molecule has 0 radical (unpaired) electrons. The van der Waals surface area contributed by atoms with Gasteiger partial charge in [-0.15, -0.1) is 0 Å². The Bertz CT molecular complexity index is 584. The first-order chi connectivity index (χ1) is 9.18. The molecule has 1 atom stereocenters. The standard InChI is InChI=1S/C13H20N2O4S/c1-10(13(16)14(2)3)15(20(5,17)18)11-7-6-8-12(9-11)19-4/h6-10H,1-5H3/t10-/m1/s1. The van der Waals surface area contributed by atoms with Gasteiger partial charge in [-0.05, 0) is 19.1 Å². The van der Waals surface area contributed by atoms with Crippen LogP contribution in [0.3, 0.4) is 0 Å². The van der Waals surface area contributed by atoms with Crippen molar-refractivity contribution in [3.05, 3.63) is 24.3 Å². The van der Waals surface area contributed by atoms with Crippen LogP contribution in [0.4, 0.5) is 5.69 Å². The number of ether oxygens (including phenoxy) is 1. The minimum atomic E-state index is -3.59. The van der Waals surface area contributed by atoms with Crippen LogP contribution in [0.2, 0.25) is 0 Å². The molecule has 0 saturated carbocycles. The zero-order valence-electron chi connectivity index (χ0n) is 12.3. The summed E-state index contributed by atoms with van der Waals surface area (Å²) in [6.45, 7) is 1.56. The molecule has 0 saturated heterocycles. The fourth-order valence-corrected chi connectivity index (χ4v) is 3.08. The minimum Gasteiger partial charge on any atom is -0.497 e. The lowest BCUT2D eigenvalue weighted by Gasteiger charge is -2.30. The molecule has 0 bridgehead atoms. The van der Waals surface area contributed by atoms with Gasteiger partial charge >= 0.3 is 0 Å². The molecule has 0 N–H and O–H groups in total. The van der Waals surface area contributed by atoms with Gasteiger partial charge in [0.25, 0.3) is 0 Å². The van der Waals surface area contributed by atoms with Gasteiger partial charge in [-0.1, -0.05) is 6.07 Å². The number of carbonyl (C=O) groups excluding carboxylic acids is 1. The second-order valence-electron chi connectivity index (χ2n) is 4.67. The Kier molecular flexibility index (Phi) is 4.99. The van der Waals surface area contributed by atoms with Crippen LogP contribution < -0.4 is 9.04 Å². The molecule has 0 aliphatic rings. The topological polar surface area (TPSA) is 66.9 Å². The molecule has 0 spiro atoms. The molecule has 0 aliphatic heterocycles. The number of sulfonamides is 1. The number of rotatable bonds is 5. The summed E-state index contributed by atoms with van der Waals surface area (Å²) in [5.74, 6) is 0.235. The molecule has 1 rings (SSSR count). The van der Waals surface area contributed by atoms with Crippen molar-refractivity contribution in [1.29, 1.82) is 0 Å². The van der Waals surface area contributed by atoms with Gasteiger partial charge in [-0.3, -0.25) is 9.10 Å². The van der Waals surface area contributed by atoms with Gasteiger partial charge < -0.3 is 9.64 Å². The summed E-state index contributed by atoms with van der Waals surface area (Å²) in [6, 6.07) is 5.78. The number of carbonyl (C=O) groups is 1. The van der Waals surface area contributed by atoms with Crippen LogP contribution in [0.1, 0.15) is 6.92 Å². The first-order valence-electron chi connectivity index (χ1n) is 6.03. The van der Waals surface area contributed by atoms with E-state index in [-0.39, 0.29) is 5.91 Å². The molecular formula is C13H20N2O4S. The SMILES string of the molecule is COc1cccc(N([C@H](C)C(=O)N(C)C)S(C)(=O)=O)c1. The summed E-state index contributed by atoms with van der Waals surface area (Å²) < 4.78 is 30.2. The van der Waals surface area contributed by atoms with Gasteiger partial charge in [0, 0.05) is 20.2 Å². The average Bonchev–Trinajstić information content (AvgIpc) is 2.36. The third-order valence-electron chi connectivity index (χ3n) is 2.82. The lowest BCUT2D eigenvalue weighted by atomic mass is 10.2. The summed E-state index contributed by atoms with van der Waals surface area (Å²) >= 11 is 0. The van der Waals surface area contributed by atoms with E-state index in [9.17, 15) is 13.2 Å². The molecule has 1 aromatic rings. The maximum absolute atomic E-state index is 12.0. The van der Waals surface area contributed by atoms with Crippen molar-refractivity contribution in [2.45, 2.75) is 13.0 Å². The largest absolute Gasteiger partial charge is 0.497 e. The average molecular weight is 300 g/mol. The van der Waals surface area contributed by atoms with Crippen LogP contribution in [0.25, 0.3) is 0 Å². The maximum atomic E-state index is 12.0. The third kappa shape index (κ3) is 3.63. The van der Waals surface area contributed by atoms with Crippen molar-refractivity contribution in [2.24, 2.45) is 0 Å². The predicted molar refractivity (Wildman–Crippen MR) is 78.5 cm³/mol. The molecule has 112 valence electrons. The zero-order valence-corrected chi connectivity index (χ0v) is 13.1. The van der Waals surface area contributed by atoms with Crippen molar-refractivity contribution in [1.82, 2.24) is 4.90 Å². The molecule has 7 heteroatoms. The van der Waals surface area contributed by atoms with E-state index in [4.69, 9.17) is 4.74 Å². The quantitative estimate of drug-likeness (QED) is 0.811. The molecule has 0 fully saturated rings. The summed E-state index contributed by atoms with van der Waals surface area (Å²) in [7, 11) is 1.08. The van der Waals surface area contributed by atoms with Crippen LogP contribution >= 0.6 is 0 Å². The van der Waals surface area contributed by atoms with Crippen LogP contribution in [-0.2, 0) is 14.8 Å². The van der Waals surface area contributed by atoms with E-state index < -0.39 is 16.1 Å². The van der Waals surface area contributed by atoms with Crippen molar-refractivity contribution < 1.29 is 17.9 Å². The molecule has 1 amide bonds. The van der Waals surface area contributed by atoms with E-state index in [1.54, 1.807) is 45.3 Å². The monoisotopic (exact) mass is 300 g/mol. The van der Waals surface area contributed by atoms with Gasteiger partial charge in [0.15, 0.2) is 0 Å². The van der Waals surface area contributed by atoms with E-state index in [1.165, 1.54) is 12.0 Å². The molecule has 1 aromatic carbocycles. The first kappa shape index (κ1) is 16.3. The number of benzene rings is 1. The second kappa shape index (κ2) is 6.13. The number of methoxy groups -OCH3 is 1. The highest BCUT2D eigenvalue weighted by atomic mass is 32.2. The Balaban J connectivity index is 3.30. The van der Waals surface area contributed by atoms with Crippen molar-refractivity contribution in [3.8, 4) is 5.75 Å². The molecular weight excluding hydrogens is 280 g/mol. The number of hydrogen-bond acceptors (Lipinski definition) is 4. The van der Waals surface area contributed by atoms with E-state index >= 15 is 0 Å². The minimum absolute atomic E-state index is 0.293. The van der Waals surface area contributed by atoms with Gasteiger partial charge in [0.2, 0.25) is 15.9 Å². The van der Waals surface area contributed by atoms with E-state index in [0.29, 0.717) is 11.4 Å². The van der Waals surface area contributed by atoms with Gasteiger partial charge in [0.05, 0.1) is 19.1 Å². The van der Waals surface area contributed by atoms with Crippen LogP contribution in [0, 0.1) is 0 Å². The number of nitrogens with zero attached hydrogens (tertiary/aromatic N) is 2. The fraction of sp³-hybridized carbons (Fsp3) is 0.462. The third-order valence-corrected chi connectivity index (χ3v) is 4.06. The zero-order chi connectivity index (χ0) is 15.5. The highest BCUT2D eigenvalue weighted by molar-refractivity contribution is 7.92. The number of amides is 1. The Morgan fingerprint density at radius 2 is 1.90 bits per heavy atom. The van der Waals surface area contributed by atoms with Gasteiger partial charge in [-0.2, -0.15) is 0 Å². The normalized spacial score (nSPS) is 12.7. The van der Waals surface area contributed by atoms with Crippen LogP contribution in [0.15, 0.2) is 24.3 Å². The number of hydrogen-bond donors (Lipinski definition) is 0. The van der Waals surface area contributed by atoms with Gasteiger partial charge in [0.1, 0.15) is 11.8 Å². The summed E-state index contributed by atoms with van der Waals surface area (Å²) in [4.78, 5) is 13.4. The highest BCUT2D eigenvalue weighted by Gasteiger charge is 2.30. The maximum Gasteiger partial charge on any atom is 0.245 e. The smallest absolute Gasteiger partial charge is 0.245 e. The van der Waals surface area contributed by atoms with Crippen LogP contribution in [-0.4, -0.2) is 52.7 Å². The van der Waals surface area contributed by atoms with Crippen LogP contribution in [0.5, 0.6) is 5.75 Å². The molecule has 0 unspecified atom stereocenters. The highest BCUT2D eigenvalue weighted by Crippen LogP contribution is 2.25. The van der Waals surface area contributed by atoms with E-state index in [1.807, 2.05) is 0 Å². The Hall–Kier alpha value is -1.76. The van der Waals surface area contributed by atoms with Gasteiger partial charge in [-0.25, -0.2) is 8.42 Å². The Morgan fingerprint density at radius 1 is 1.30 bits per heavy atom. The van der Waals surface area contributed by atoms with Crippen molar-refractivity contribution in [2.75, 3.05) is 31.8 Å². The molecule has 0 heterocycles. The fourth-order valence-electron chi connectivity index (χ4n) is 1.92.